The van der Waals surface area contributed by atoms with Crippen molar-refractivity contribution in [3.05, 3.63) is 28.5 Å². The monoisotopic (exact) mass is 212 g/mol. The van der Waals surface area contributed by atoms with E-state index >= 15 is 0 Å². The van der Waals surface area contributed by atoms with E-state index in [0.29, 0.717) is 10.8 Å². The number of halogens is 1. The van der Waals surface area contributed by atoms with Crippen LogP contribution in [-0.4, -0.2) is 30.3 Å². The quantitative estimate of drug-likeness (QED) is 0.569. The maximum absolute atomic E-state index is 10.8. The Bertz CT molecular complexity index is 339. The number of aldehydes is 1. The molecular formula is C10H13ClN2O. The highest BCUT2D eigenvalue weighted by atomic mass is 35.5. The molecular weight excluding hydrogens is 200 g/mol. The standard InChI is InChI=1S/C10H13ClN2O/c1-7(13(2)3)8-4-5-10(11)12-9(8)6-14/h4-7H,1-3H3. The molecule has 0 aliphatic carbocycles. The summed E-state index contributed by atoms with van der Waals surface area (Å²) >= 11 is 5.70. The zero-order chi connectivity index (χ0) is 10.7. The predicted molar refractivity (Wildman–Crippen MR) is 56.7 cm³/mol. The highest BCUT2D eigenvalue weighted by Gasteiger charge is 2.13. The molecule has 0 spiro atoms. The van der Waals surface area contributed by atoms with Gasteiger partial charge in [-0.15, -0.1) is 0 Å². The Balaban J connectivity index is 3.13. The lowest BCUT2D eigenvalue weighted by molar-refractivity contribution is 0.111. The minimum Gasteiger partial charge on any atom is -0.303 e. The van der Waals surface area contributed by atoms with E-state index in [9.17, 15) is 4.79 Å². The van der Waals surface area contributed by atoms with Crippen molar-refractivity contribution in [2.24, 2.45) is 0 Å². The van der Waals surface area contributed by atoms with Crippen molar-refractivity contribution in [3.63, 3.8) is 0 Å². The van der Waals surface area contributed by atoms with E-state index in [-0.39, 0.29) is 6.04 Å². The Hall–Kier alpha value is -0.930. The van der Waals surface area contributed by atoms with Gasteiger partial charge in [-0.2, -0.15) is 0 Å². The van der Waals surface area contributed by atoms with Crippen molar-refractivity contribution >= 4 is 17.9 Å². The van der Waals surface area contributed by atoms with Gasteiger partial charge in [0.1, 0.15) is 10.8 Å². The molecule has 0 bridgehead atoms. The van der Waals surface area contributed by atoms with Crippen LogP contribution in [0.25, 0.3) is 0 Å². The Labute approximate surface area is 88.7 Å². The number of carbonyl (C=O) groups excluding carboxylic acids is 1. The number of aromatic nitrogens is 1. The van der Waals surface area contributed by atoms with Gasteiger partial charge in [0.2, 0.25) is 0 Å². The lowest BCUT2D eigenvalue weighted by atomic mass is 10.1. The van der Waals surface area contributed by atoms with Crippen LogP contribution in [0.15, 0.2) is 12.1 Å². The molecule has 76 valence electrons. The first-order valence-electron chi connectivity index (χ1n) is 4.34. The predicted octanol–water partition coefficient (Wildman–Crippen LogP) is 2.17. The van der Waals surface area contributed by atoms with E-state index in [4.69, 9.17) is 11.6 Å². The van der Waals surface area contributed by atoms with E-state index in [0.717, 1.165) is 11.8 Å². The summed E-state index contributed by atoms with van der Waals surface area (Å²) in [6, 6.07) is 3.69. The average Bonchev–Trinajstić information content (AvgIpc) is 2.16. The lowest BCUT2D eigenvalue weighted by Gasteiger charge is -2.20. The average molecular weight is 213 g/mol. The molecule has 0 radical (unpaired) electrons. The molecule has 1 aromatic rings. The second-order valence-corrected chi connectivity index (χ2v) is 3.75. The molecule has 1 heterocycles. The topological polar surface area (TPSA) is 33.2 Å². The molecule has 14 heavy (non-hydrogen) atoms. The fraction of sp³-hybridized carbons (Fsp3) is 0.400. The van der Waals surface area contributed by atoms with E-state index in [1.54, 1.807) is 6.07 Å². The molecule has 1 atom stereocenters. The highest BCUT2D eigenvalue weighted by Crippen LogP contribution is 2.20. The number of carbonyl (C=O) groups is 1. The van der Waals surface area contributed by atoms with Gasteiger partial charge in [0.25, 0.3) is 0 Å². The first kappa shape index (κ1) is 11.1. The summed E-state index contributed by atoms with van der Waals surface area (Å²) in [5.74, 6) is 0. The van der Waals surface area contributed by atoms with Crippen molar-refractivity contribution < 1.29 is 4.79 Å². The zero-order valence-electron chi connectivity index (χ0n) is 8.49. The van der Waals surface area contributed by atoms with Gasteiger partial charge in [-0.05, 0) is 32.6 Å². The van der Waals surface area contributed by atoms with Crippen molar-refractivity contribution in [2.75, 3.05) is 14.1 Å². The largest absolute Gasteiger partial charge is 0.303 e. The molecule has 0 amide bonds. The summed E-state index contributed by atoms with van der Waals surface area (Å²) in [4.78, 5) is 16.7. The second kappa shape index (κ2) is 4.53. The van der Waals surface area contributed by atoms with Gasteiger partial charge < -0.3 is 4.90 Å². The van der Waals surface area contributed by atoms with Crippen LogP contribution in [0.1, 0.15) is 29.0 Å². The third-order valence-corrected chi connectivity index (χ3v) is 2.47. The summed E-state index contributed by atoms with van der Waals surface area (Å²) < 4.78 is 0. The van der Waals surface area contributed by atoms with Gasteiger partial charge in [-0.25, -0.2) is 4.98 Å². The Kier molecular flexibility index (Phi) is 3.61. The van der Waals surface area contributed by atoms with Crippen molar-refractivity contribution in [1.29, 1.82) is 0 Å². The van der Waals surface area contributed by atoms with Crippen LogP contribution in [0.3, 0.4) is 0 Å². The zero-order valence-corrected chi connectivity index (χ0v) is 9.25. The Morgan fingerprint density at radius 1 is 1.50 bits per heavy atom. The molecule has 0 aromatic carbocycles. The Morgan fingerprint density at radius 2 is 2.14 bits per heavy atom. The van der Waals surface area contributed by atoms with Crippen LogP contribution < -0.4 is 0 Å². The first-order valence-corrected chi connectivity index (χ1v) is 4.72. The molecule has 1 unspecified atom stereocenters. The van der Waals surface area contributed by atoms with Crippen LogP contribution in [0.2, 0.25) is 5.15 Å². The van der Waals surface area contributed by atoms with Gasteiger partial charge in [-0.1, -0.05) is 17.7 Å². The lowest BCUT2D eigenvalue weighted by Crippen LogP contribution is -2.18. The fourth-order valence-electron chi connectivity index (χ4n) is 1.19. The summed E-state index contributed by atoms with van der Waals surface area (Å²) in [6.45, 7) is 2.01. The van der Waals surface area contributed by atoms with Crippen molar-refractivity contribution in [1.82, 2.24) is 9.88 Å². The van der Waals surface area contributed by atoms with Gasteiger partial charge in [0.05, 0.1) is 0 Å². The molecule has 0 fully saturated rings. The number of rotatable bonds is 3. The molecule has 0 aliphatic heterocycles. The summed E-state index contributed by atoms with van der Waals surface area (Å²) in [7, 11) is 3.90. The number of hydrogen-bond acceptors (Lipinski definition) is 3. The molecule has 0 saturated heterocycles. The second-order valence-electron chi connectivity index (χ2n) is 3.37. The van der Waals surface area contributed by atoms with Crippen molar-refractivity contribution in [2.45, 2.75) is 13.0 Å². The maximum atomic E-state index is 10.8. The summed E-state index contributed by atoms with van der Waals surface area (Å²) in [5.41, 5.74) is 1.31. The van der Waals surface area contributed by atoms with E-state index in [1.807, 2.05) is 32.0 Å². The van der Waals surface area contributed by atoms with Crippen LogP contribution in [-0.2, 0) is 0 Å². The molecule has 0 aliphatic rings. The van der Waals surface area contributed by atoms with E-state index in [1.165, 1.54) is 0 Å². The molecule has 1 aromatic heterocycles. The minimum atomic E-state index is 0.153. The molecule has 1 rings (SSSR count). The van der Waals surface area contributed by atoms with Crippen LogP contribution in [0, 0.1) is 0 Å². The Morgan fingerprint density at radius 3 is 2.64 bits per heavy atom. The van der Waals surface area contributed by atoms with Gasteiger partial charge in [0, 0.05) is 6.04 Å². The molecule has 0 saturated carbocycles. The number of hydrogen-bond donors (Lipinski definition) is 0. The van der Waals surface area contributed by atoms with Crippen LogP contribution in [0.5, 0.6) is 0 Å². The number of pyridine rings is 1. The van der Waals surface area contributed by atoms with E-state index in [2.05, 4.69) is 4.98 Å². The first-order chi connectivity index (χ1) is 6.56. The molecule has 4 heteroatoms. The maximum Gasteiger partial charge on any atom is 0.168 e. The van der Waals surface area contributed by atoms with Crippen LogP contribution >= 0.6 is 11.6 Å². The SMILES string of the molecule is CC(c1ccc(Cl)nc1C=O)N(C)C. The van der Waals surface area contributed by atoms with Crippen LogP contribution in [0.4, 0.5) is 0 Å². The summed E-state index contributed by atoms with van der Waals surface area (Å²) in [6.07, 6.45) is 0.737. The molecule has 0 N–H and O–H groups in total. The van der Waals surface area contributed by atoms with Gasteiger partial charge in [0.15, 0.2) is 6.29 Å². The smallest absolute Gasteiger partial charge is 0.168 e. The van der Waals surface area contributed by atoms with Gasteiger partial charge in [-0.3, -0.25) is 4.79 Å². The van der Waals surface area contributed by atoms with Gasteiger partial charge >= 0.3 is 0 Å². The third kappa shape index (κ3) is 2.30. The summed E-state index contributed by atoms with van der Waals surface area (Å²) in [5, 5.41) is 0.349. The van der Waals surface area contributed by atoms with E-state index < -0.39 is 0 Å². The van der Waals surface area contributed by atoms with Crippen molar-refractivity contribution in [3.8, 4) is 0 Å². The number of nitrogens with zero attached hydrogens (tertiary/aromatic N) is 2. The minimum absolute atomic E-state index is 0.153. The normalized spacial score (nSPS) is 12.9. The molecule has 3 nitrogen and oxygen atoms in total. The fourth-order valence-corrected chi connectivity index (χ4v) is 1.34. The highest BCUT2D eigenvalue weighted by molar-refractivity contribution is 6.29. The third-order valence-electron chi connectivity index (χ3n) is 2.26.